The lowest BCUT2D eigenvalue weighted by molar-refractivity contribution is -0.114. The molecule has 3 rings (SSSR count). The SMILES string of the molecule is CCOC1CC(Nc2ccc(=O)n(C)c2)C12CCCC2. The highest BCUT2D eigenvalue weighted by Crippen LogP contribution is 2.55. The molecule has 0 radical (unpaired) electrons. The molecular weight excluding hydrogens is 252 g/mol. The first-order valence-corrected chi connectivity index (χ1v) is 7.70. The Hall–Kier alpha value is -1.29. The minimum Gasteiger partial charge on any atom is -0.380 e. The van der Waals surface area contributed by atoms with E-state index in [-0.39, 0.29) is 5.56 Å². The summed E-state index contributed by atoms with van der Waals surface area (Å²) < 4.78 is 7.56. The standard InChI is InChI=1S/C16H24N2O2/c1-3-20-14-10-13(16(14)8-4-5-9-16)17-12-6-7-15(19)18(2)11-12/h6-7,11,13-14,17H,3-5,8-10H2,1-2H3. The van der Waals surface area contributed by atoms with E-state index in [1.54, 1.807) is 17.7 Å². The molecule has 0 amide bonds. The van der Waals surface area contributed by atoms with Crippen LogP contribution in [0.2, 0.25) is 0 Å². The number of hydrogen-bond donors (Lipinski definition) is 1. The van der Waals surface area contributed by atoms with Crippen molar-refractivity contribution in [1.29, 1.82) is 0 Å². The van der Waals surface area contributed by atoms with Crippen LogP contribution in [0.1, 0.15) is 39.0 Å². The van der Waals surface area contributed by atoms with Gasteiger partial charge in [0, 0.05) is 37.4 Å². The Bertz CT molecular complexity index is 532. The fourth-order valence-electron chi connectivity index (χ4n) is 3.97. The molecule has 2 fully saturated rings. The molecule has 2 saturated carbocycles. The van der Waals surface area contributed by atoms with Crippen LogP contribution < -0.4 is 10.9 Å². The molecule has 110 valence electrons. The highest BCUT2D eigenvalue weighted by molar-refractivity contribution is 5.43. The predicted octanol–water partition coefficient (Wildman–Crippen LogP) is 2.54. The summed E-state index contributed by atoms with van der Waals surface area (Å²) in [6.45, 7) is 2.88. The zero-order valence-corrected chi connectivity index (χ0v) is 12.4. The molecule has 1 heterocycles. The Kier molecular flexibility index (Phi) is 3.59. The maximum absolute atomic E-state index is 11.4. The number of ether oxygens (including phenoxy) is 1. The van der Waals surface area contributed by atoms with E-state index in [0.717, 1.165) is 18.7 Å². The third-order valence-electron chi connectivity index (χ3n) is 5.11. The number of aromatic nitrogens is 1. The van der Waals surface area contributed by atoms with Gasteiger partial charge in [-0.15, -0.1) is 0 Å². The van der Waals surface area contributed by atoms with Crippen molar-refractivity contribution in [1.82, 2.24) is 4.57 Å². The van der Waals surface area contributed by atoms with Gasteiger partial charge >= 0.3 is 0 Å². The van der Waals surface area contributed by atoms with Gasteiger partial charge < -0.3 is 14.6 Å². The molecule has 1 aromatic rings. The van der Waals surface area contributed by atoms with Gasteiger partial charge in [0.15, 0.2) is 0 Å². The van der Waals surface area contributed by atoms with E-state index in [2.05, 4.69) is 12.2 Å². The highest BCUT2D eigenvalue weighted by atomic mass is 16.5. The largest absolute Gasteiger partial charge is 0.380 e. The predicted molar refractivity (Wildman–Crippen MR) is 80.0 cm³/mol. The van der Waals surface area contributed by atoms with Crippen LogP contribution in [-0.4, -0.2) is 23.3 Å². The van der Waals surface area contributed by atoms with Crippen LogP contribution in [0.15, 0.2) is 23.1 Å². The molecule has 2 unspecified atom stereocenters. The second-order valence-electron chi connectivity index (χ2n) is 6.18. The van der Waals surface area contributed by atoms with Crippen molar-refractivity contribution >= 4 is 5.69 Å². The van der Waals surface area contributed by atoms with Gasteiger partial charge in [0.2, 0.25) is 5.56 Å². The second kappa shape index (κ2) is 5.24. The third kappa shape index (κ3) is 2.16. The van der Waals surface area contributed by atoms with Crippen molar-refractivity contribution in [3.8, 4) is 0 Å². The average Bonchev–Trinajstić information content (AvgIpc) is 2.94. The maximum atomic E-state index is 11.4. The van der Waals surface area contributed by atoms with E-state index in [1.807, 2.05) is 12.3 Å². The van der Waals surface area contributed by atoms with Gasteiger partial charge in [-0.3, -0.25) is 4.79 Å². The molecule has 1 aromatic heterocycles. The van der Waals surface area contributed by atoms with E-state index >= 15 is 0 Å². The van der Waals surface area contributed by atoms with Crippen molar-refractivity contribution in [2.45, 2.75) is 51.2 Å². The van der Waals surface area contributed by atoms with E-state index in [1.165, 1.54) is 25.7 Å². The lowest BCUT2D eigenvalue weighted by Gasteiger charge is -2.54. The minimum atomic E-state index is 0.0342. The monoisotopic (exact) mass is 276 g/mol. The second-order valence-corrected chi connectivity index (χ2v) is 6.18. The molecule has 0 bridgehead atoms. The topological polar surface area (TPSA) is 43.3 Å². The summed E-state index contributed by atoms with van der Waals surface area (Å²) in [5, 5.41) is 3.63. The van der Waals surface area contributed by atoms with Crippen molar-refractivity contribution < 1.29 is 4.74 Å². The molecule has 1 N–H and O–H groups in total. The average molecular weight is 276 g/mol. The number of rotatable bonds is 4. The number of nitrogens with one attached hydrogen (secondary N) is 1. The van der Waals surface area contributed by atoms with E-state index in [9.17, 15) is 4.79 Å². The summed E-state index contributed by atoms with van der Waals surface area (Å²) in [7, 11) is 1.79. The number of hydrogen-bond acceptors (Lipinski definition) is 3. The molecule has 0 saturated heterocycles. The molecule has 2 aliphatic carbocycles. The number of anilines is 1. The minimum absolute atomic E-state index is 0.0342. The van der Waals surface area contributed by atoms with Crippen molar-refractivity contribution in [2.75, 3.05) is 11.9 Å². The first kappa shape index (κ1) is 13.7. The molecular formula is C16H24N2O2. The summed E-state index contributed by atoms with van der Waals surface area (Å²) in [4.78, 5) is 11.4. The lowest BCUT2D eigenvalue weighted by atomic mass is 9.60. The smallest absolute Gasteiger partial charge is 0.250 e. The molecule has 2 aliphatic rings. The third-order valence-corrected chi connectivity index (χ3v) is 5.11. The van der Waals surface area contributed by atoms with Gasteiger partial charge in [0.25, 0.3) is 0 Å². The van der Waals surface area contributed by atoms with Crippen LogP contribution >= 0.6 is 0 Å². The van der Waals surface area contributed by atoms with Crippen molar-refractivity contribution in [2.24, 2.45) is 12.5 Å². The molecule has 2 atom stereocenters. The van der Waals surface area contributed by atoms with Crippen LogP contribution in [0.4, 0.5) is 5.69 Å². The highest BCUT2D eigenvalue weighted by Gasteiger charge is 2.56. The normalized spacial score (nSPS) is 27.5. The summed E-state index contributed by atoms with van der Waals surface area (Å²) >= 11 is 0. The van der Waals surface area contributed by atoms with Gasteiger partial charge in [0.1, 0.15) is 0 Å². The molecule has 4 heteroatoms. The number of aryl methyl sites for hydroxylation is 1. The zero-order chi connectivity index (χ0) is 14.2. The molecule has 20 heavy (non-hydrogen) atoms. The zero-order valence-electron chi connectivity index (χ0n) is 12.4. The van der Waals surface area contributed by atoms with Gasteiger partial charge in [-0.1, -0.05) is 12.8 Å². The van der Waals surface area contributed by atoms with Gasteiger partial charge in [-0.2, -0.15) is 0 Å². The molecule has 0 aliphatic heterocycles. The first-order valence-electron chi connectivity index (χ1n) is 7.70. The van der Waals surface area contributed by atoms with Gasteiger partial charge in [-0.05, 0) is 32.3 Å². The van der Waals surface area contributed by atoms with Crippen LogP contribution in [0.3, 0.4) is 0 Å². The van der Waals surface area contributed by atoms with E-state index in [0.29, 0.717) is 17.6 Å². The Balaban J connectivity index is 1.74. The Morgan fingerprint density at radius 3 is 2.80 bits per heavy atom. The Labute approximate surface area is 120 Å². The van der Waals surface area contributed by atoms with Crippen LogP contribution in [0, 0.1) is 5.41 Å². The summed E-state index contributed by atoms with van der Waals surface area (Å²) in [6, 6.07) is 4.00. The summed E-state index contributed by atoms with van der Waals surface area (Å²) in [6.07, 6.45) is 8.54. The maximum Gasteiger partial charge on any atom is 0.250 e. The fraction of sp³-hybridized carbons (Fsp3) is 0.688. The van der Waals surface area contributed by atoms with Crippen LogP contribution in [0.5, 0.6) is 0 Å². The first-order chi connectivity index (χ1) is 9.65. The summed E-state index contributed by atoms with van der Waals surface area (Å²) in [5.41, 5.74) is 1.40. The van der Waals surface area contributed by atoms with Crippen LogP contribution in [-0.2, 0) is 11.8 Å². The number of pyridine rings is 1. The summed E-state index contributed by atoms with van der Waals surface area (Å²) in [5.74, 6) is 0. The van der Waals surface area contributed by atoms with Gasteiger partial charge in [-0.25, -0.2) is 0 Å². The van der Waals surface area contributed by atoms with E-state index < -0.39 is 0 Å². The molecule has 0 aromatic carbocycles. The van der Waals surface area contributed by atoms with E-state index in [4.69, 9.17) is 4.74 Å². The van der Waals surface area contributed by atoms with Crippen molar-refractivity contribution in [3.63, 3.8) is 0 Å². The quantitative estimate of drug-likeness (QED) is 0.919. The van der Waals surface area contributed by atoms with Crippen molar-refractivity contribution in [3.05, 3.63) is 28.7 Å². The Morgan fingerprint density at radius 1 is 1.40 bits per heavy atom. The Morgan fingerprint density at radius 2 is 2.15 bits per heavy atom. The number of nitrogens with zero attached hydrogens (tertiary/aromatic N) is 1. The van der Waals surface area contributed by atoms with Gasteiger partial charge in [0.05, 0.1) is 11.8 Å². The lowest BCUT2D eigenvalue weighted by Crippen LogP contribution is -2.60. The van der Waals surface area contributed by atoms with Crippen LogP contribution in [0.25, 0.3) is 0 Å². The molecule has 1 spiro atoms. The fourth-order valence-corrected chi connectivity index (χ4v) is 3.97. The molecule has 4 nitrogen and oxygen atoms in total.